The van der Waals surface area contributed by atoms with Crippen molar-refractivity contribution in [3.63, 3.8) is 0 Å². The molecule has 0 atom stereocenters. The third-order valence-corrected chi connectivity index (χ3v) is 3.83. The van der Waals surface area contributed by atoms with Gasteiger partial charge in [0.1, 0.15) is 5.82 Å². The molecular formula is C15H23N7. The highest BCUT2D eigenvalue weighted by Gasteiger charge is 2.22. The van der Waals surface area contributed by atoms with Crippen LogP contribution in [0.15, 0.2) is 23.5 Å². The predicted octanol–water partition coefficient (Wildman–Crippen LogP) is 0.860. The maximum Gasteiger partial charge on any atom is 0.192 e. The Morgan fingerprint density at radius 2 is 2.18 bits per heavy atom. The van der Waals surface area contributed by atoms with E-state index in [4.69, 9.17) is 0 Å². The van der Waals surface area contributed by atoms with Crippen molar-refractivity contribution in [3.05, 3.63) is 35.7 Å². The summed E-state index contributed by atoms with van der Waals surface area (Å²) in [5.41, 5.74) is 1.20. The second-order valence-electron chi connectivity index (χ2n) is 5.84. The van der Waals surface area contributed by atoms with E-state index >= 15 is 0 Å². The van der Waals surface area contributed by atoms with Gasteiger partial charge in [-0.05, 0) is 31.4 Å². The first-order valence-electron chi connectivity index (χ1n) is 7.62. The van der Waals surface area contributed by atoms with Crippen molar-refractivity contribution in [3.8, 4) is 0 Å². The molecule has 22 heavy (non-hydrogen) atoms. The molecule has 7 nitrogen and oxygen atoms in total. The molecule has 1 aliphatic carbocycles. The highest BCUT2D eigenvalue weighted by Crippen LogP contribution is 2.18. The van der Waals surface area contributed by atoms with Gasteiger partial charge in [-0.15, -0.1) is 10.2 Å². The second-order valence-corrected chi connectivity index (χ2v) is 5.84. The molecule has 1 aliphatic rings. The molecule has 0 aromatic carbocycles. The zero-order valence-electron chi connectivity index (χ0n) is 13.4. The first-order chi connectivity index (χ1) is 10.6. The number of aromatic nitrogens is 4. The summed E-state index contributed by atoms with van der Waals surface area (Å²) in [5, 5.41) is 15.0. The molecule has 0 saturated heterocycles. The van der Waals surface area contributed by atoms with E-state index in [-0.39, 0.29) is 0 Å². The minimum Gasteiger partial charge on any atom is -0.357 e. The van der Waals surface area contributed by atoms with Crippen LogP contribution in [-0.4, -0.2) is 31.3 Å². The number of nitrogens with zero attached hydrogens (tertiary/aromatic N) is 5. The van der Waals surface area contributed by atoms with Gasteiger partial charge in [-0.1, -0.05) is 0 Å². The molecule has 0 radical (unpaired) electrons. The highest BCUT2D eigenvalue weighted by molar-refractivity contribution is 5.80. The summed E-state index contributed by atoms with van der Waals surface area (Å²) in [5.74, 6) is 2.66. The molecular weight excluding hydrogens is 278 g/mol. The quantitative estimate of drug-likeness (QED) is 0.635. The molecule has 2 aromatic rings. The third-order valence-electron chi connectivity index (χ3n) is 3.83. The lowest BCUT2D eigenvalue weighted by Gasteiger charge is -2.11. The number of aryl methyl sites for hydroxylation is 2. The minimum atomic E-state index is 0.559. The number of aliphatic imine (C=N–C) groups is 1. The normalized spacial score (nSPS) is 15.1. The van der Waals surface area contributed by atoms with Crippen LogP contribution < -0.4 is 10.6 Å². The molecule has 0 spiro atoms. The van der Waals surface area contributed by atoms with E-state index in [0.717, 1.165) is 17.6 Å². The van der Waals surface area contributed by atoms with Crippen LogP contribution in [0.3, 0.4) is 0 Å². The van der Waals surface area contributed by atoms with E-state index in [1.165, 1.54) is 18.4 Å². The molecule has 0 bridgehead atoms. The van der Waals surface area contributed by atoms with Crippen molar-refractivity contribution in [1.29, 1.82) is 0 Å². The Labute approximate surface area is 130 Å². The SMILES string of the molecule is Cc1nnc(CNC(=NCc2ccn(C)c2)NC2CC2)n1C. The van der Waals surface area contributed by atoms with Crippen molar-refractivity contribution in [2.45, 2.75) is 38.9 Å². The van der Waals surface area contributed by atoms with E-state index in [1.54, 1.807) is 0 Å². The lowest BCUT2D eigenvalue weighted by atomic mass is 10.3. The Balaban J connectivity index is 1.62. The fourth-order valence-electron chi connectivity index (χ4n) is 2.17. The summed E-state index contributed by atoms with van der Waals surface area (Å²) in [6.45, 7) is 3.23. The largest absolute Gasteiger partial charge is 0.357 e. The third kappa shape index (κ3) is 3.66. The topological polar surface area (TPSA) is 72.1 Å². The number of hydrogen-bond acceptors (Lipinski definition) is 3. The Morgan fingerprint density at radius 3 is 2.77 bits per heavy atom. The Morgan fingerprint density at radius 1 is 1.36 bits per heavy atom. The monoisotopic (exact) mass is 301 g/mol. The lowest BCUT2D eigenvalue weighted by molar-refractivity contribution is 0.713. The fraction of sp³-hybridized carbons (Fsp3) is 0.533. The van der Waals surface area contributed by atoms with Gasteiger partial charge in [0.05, 0.1) is 13.1 Å². The maximum atomic E-state index is 4.66. The maximum absolute atomic E-state index is 4.66. The summed E-state index contributed by atoms with van der Waals surface area (Å²) in [7, 11) is 3.99. The molecule has 7 heteroatoms. The molecule has 0 aliphatic heterocycles. The van der Waals surface area contributed by atoms with Gasteiger partial charge in [-0.25, -0.2) is 4.99 Å². The molecule has 118 valence electrons. The summed E-state index contributed by atoms with van der Waals surface area (Å²) < 4.78 is 4.02. The van der Waals surface area contributed by atoms with E-state index in [0.29, 0.717) is 19.1 Å². The molecule has 2 N–H and O–H groups in total. The van der Waals surface area contributed by atoms with Gasteiger partial charge < -0.3 is 19.8 Å². The Hall–Kier alpha value is -2.31. The molecule has 0 unspecified atom stereocenters. The summed E-state index contributed by atoms with van der Waals surface area (Å²) >= 11 is 0. The van der Waals surface area contributed by atoms with Crippen molar-refractivity contribution in [1.82, 2.24) is 30.0 Å². The molecule has 0 amide bonds. The highest BCUT2D eigenvalue weighted by atomic mass is 15.3. The van der Waals surface area contributed by atoms with E-state index in [2.05, 4.69) is 38.1 Å². The Kier molecular flexibility index (Phi) is 4.13. The zero-order valence-corrected chi connectivity index (χ0v) is 13.4. The van der Waals surface area contributed by atoms with Gasteiger partial charge in [0.2, 0.25) is 0 Å². The zero-order chi connectivity index (χ0) is 15.5. The molecule has 1 saturated carbocycles. The standard InChI is InChI=1S/C15H23N7/c1-11-19-20-14(22(11)3)9-17-15(18-13-4-5-13)16-8-12-6-7-21(2)10-12/h6-7,10,13H,4-5,8-9H2,1-3H3,(H2,16,17,18). The van der Waals surface area contributed by atoms with Gasteiger partial charge in [0.25, 0.3) is 0 Å². The van der Waals surface area contributed by atoms with Crippen LogP contribution >= 0.6 is 0 Å². The molecule has 3 rings (SSSR count). The van der Waals surface area contributed by atoms with E-state index in [1.807, 2.05) is 36.4 Å². The van der Waals surface area contributed by atoms with Crippen LogP contribution in [-0.2, 0) is 27.2 Å². The van der Waals surface area contributed by atoms with Crippen molar-refractivity contribution in [2.24, 2.45) is 19.1 Å². The van der Waals surface area contributed by atoms with Crippen molar-refractivity contribution >= 4 is 5.96 Å². The smallest absolute Gasteiger partial charge is 0.192 e. The van der Waals surface area contributed by atoms with Crippen LogP contribution in [0.1, 0.15) is 30.1 Å². The van der Waals surface area contributed by atoms with Crippen LogP contribution in [0.25, 0.3) is 0 Å². The van der Waals surface area contributed by atoms with Gasteiger partial charge in [0.15, 0.2) is 11.8 Å². The van der Waals surface area contributed by atoms with Gasteiger partial charge in [0, 0.05) is 32.5 Å². The number of hydrogen-bond donors (Lipinski definition) is 2. The number of guanidine groups is 1. The second kappa shape index (κ2) is 6.21. The number of nitrogens with one attached hydrogen (secondary N) is 2. The van der Waals surface area contributed by atoms with Gasteiger partial charge in [-0.2, -0.15) is 0 Å². The summed E-state index contributed by atoms with van der Waals surface area (Å²) in [6.07, 6.45) is 6.56. The van der Waals surface area contributed by atoms with Crippen LogP contribution in [0.5, 0.6) is 0 Å². The van der Waals surface area contributed by atoms with Gasteiger partial charge in [-0.3, -0.25) is 0 Å². The fourth-order valence-corrected chi connectivity index (χ4v) is 2.17. The van der Waals surface area contributed by atoms with Crippen LogP contribution in [0.4, 0.5) is 0 Å². The minimum absolute atomic E-state index is 0.559. The molecule has 2 aromatic heterocycles. The average Bonchev–Trinajstić information content (AvgIpc) is 3.14. The van der Waals surface area contributed by atoms with E-state index in [9.17, 15) is 0 Å². The first kappa shape index (κ1) is 14.6. The summed E-state index contributed by atoms with van der Waals surface area (Å²) in [6, 6.07) is 2.65. The number of rotatable bonds is 5. The Bertz CT molecular complexity index is 663. The van der Waals surface area contributed by atoms with Crippen LogP contribution in [0, 0.1) is 6.92 Å². The lowest BCUT2D eigenvalue weighted by Crippen LogP contribution is -2.38. The van der Waals surface area contributed by atoms with Crippen LogP contribution in [0.2, 0.25) is 0 Å². The van der Waals surface area contributed by atoms with Gasteiger partial charge >= 0.3 is 0 Å². The molecule has 1 fully saturated rings. The summed E-state index contributed by atoms with van der Waals surface area (Å²) in [4.78, 5) is 4.66. The predicted molar refractivity (Wildman–Crippen MR) is 85.3 cm³/mol. The van der Waals surface area contributed by atoms with E-state index < -0.39 is 0 Å². The average molecular weight is 301 g/mol. The van der Waals surface area contributed by atoms with Crippen molar-refractivity contribution < 1.29 is 0 Å². The van der Waals surface area contributed by atoms with Crippen molar-refractivity contribution in [2.75, 3.05) is 0 Å². The first-order valence-corrected chi connectivity index (χ1v) is 7.62. The molecule has 2 heterocycles.